The molecule has 0 unspecified atom stereocenters. The summed E-state index contributed by atoms with van der Waals surface area (Å²) in [6, 6.07) is 0.329. The molecule has 0 aliphatic carbocycles. The Morgan fingerprint density at radius 1 is 1.33 bits per heavy atom. The monoisotopic (exact) mass is 334 g/mol. The van der Waals surface area contributed by atoms with Crippen LogP contribution < -0.4 is 5.32 Å². The van der Waals surface area contributed by atoms with Crippen molar-refractivity contribution in [3.63, 3.8) is 0 Å². The second-order valence-corrected chi connectivity index (χ2v) is 7.27. The van der Waals surface area contributed by atoms with Gasteiger partial charge in [0.15, 0.2) is 0 Å². The van der Waals surface area contributed by atoms with E-state index in [0.29, 0.717) is 5.92 Å². The zero-order chi connectivity index (χ0) is 17.1. The van der Waals surface area contributed by atoms with Gasteiger partial charge in [-0.05, 0) is 40.0 Å². The summed E-state index contributed by atoms with van der Waals surface area (Å²) in [5.41, 5.74) is 3.28. The molecule has 3 heterocycles. The summed E-state index contributed by atoms with van der Waals surface area (Å²) in [5.74, 6) is 0.428. The van der Waals surface area contributed by atoms with E-state index in [4.69, 9.17) is 4.74 Å². The van der Waals surface area contributed by atoms with E-state index in [-0.39, 0.29) is 18.1 Å². The number of aryl methyl sites for hydroxylation is 2. The van der Waals surface area contributed by atoms with Crippen molar-refractivity contribution in [1.29, 1.82) is 0 Å². The van der Waals surface area contributed by atoms with Crippen LogP contribution in [0.2, 0.25) is 0 Å². The van der Waals surface area contributed by atoms with Gasteiger partial charge in [0.05, 0.1) is 18.3 Å². The van der Waals surface area contributed by atoms with Gasteiger partial charge in [-0.3, -0.25) is 5.10 Å². The molecule has 2 N–H and O–H groups in total. The minimum Gasteiger partial charge on any atom is -0.381 e. The number of aromatic amines is 1. The third-order valence-corrected chi connectivity index (χ3v) is 5.56. The number of hydrogen-bond donors (Lipinski definition) is 2. The van der Waals surface area contributed by atoms with E-state index in [0.717, 1.165) is 56.8 Å². The summed E-state index contributed by atoms with van der Waals surface area (Å²) in [4.78, 5) is 15.0. The number of hydrogen-bond acceptors (Lipinski definition) is 3. The maximum absolute atomic E-state index is 13.0. The lowest BCUT2D eigenvalue weighted by atomic mass is 9.98. The smallest absolute Gasteiger partial charge is 0.318 e. The van der Waals surface area contributed by atoms with Gasteiger partial charge < -0.3 is 15.0 Å². The second-order valence-electron chi connectivity index (χ2n) is 7.27. The number of urea groups is 1. The van der Waals surface area contributed by atoms with Gasteiger partial charge in [-0.2, -0.15) is 5.10 Å². The maximum atomic E-state index is 13.0. The second kappa shape index (κ2) is 7.55. The van der Waals surface area contributed by atoms with Gasteiger partial charge in [0.25, 0.3) is 0 Å². The Balaban J connectivity index is 1.75. The molecule has 2 saturated heterocycles. The van der Waals surface area contributed by atoms with Crippen LogP contribution in [-0.2, 0) is 4.74 Å². The molecule has 2 aliphatic rings. The lowest BCUT2D eigenvalue weighted by Gasteiger charge is -2.32. The highest BCUT2D eigenvalue weighted by Crippen LogP contribution is 2.33. The van der Waals surface area contributed by atoms with Gasteiger partial charge in [-0.15, -0.1) is 0 Å². The highest BCUT2D eigenvalue weighted by atomic mass is 16.5. The predicted octanol–water partition coefficient (Wildman–Crippen LogP) is 3.08. The van der Waals surface area contributed by atoms with Gasteiger partial charge in [0.2, 0.25) is 0 Å². The molecular weight excluding hydrogens is 304 g/mol. The zero-order valence-electron chi connectivity index (χ0n) is 15.1. The van der Waals surface area contributed by atoms with Crippen LogP contribution in [0.15, 0.2) is 0 Å². The Morgan fingerprint density at radius 3 is 2.83 bits per heavy atom. The van der Waals surface area contributed by atoms with Crippen molar-refractivity contribution in [2.45, 2.75) is 65.0 Å². The number of carbonyl (C=O) groups excluding carboxylic acids is 1. The third kappa shape index (κ3) is 3.58. The van der Waals surface area contributed by atoms with Crippen molar-refractivity contribution in [2.24, 2.45) is 5.92 Å². The van der Waals surface area contributed by atoms with Crippen LogP contribution >= 0.6 is 0 Å². The summed E-state index contributed by atoms with van der Waals surface area (Å²) in [6.07, 6.45) is 5.45. The molecule has 6 heteroatoms. The van der Waals surface area contributed by atoms with Gasteiger partial charge in [-0.1, -0.05) is 12.8 Å². The summed E-state index contributed by atoms with van der Waals surface area (Å²) < 4.78 is 5.46. The standard InChI is InChI=1S/C18H30N4O2/c1-12(15-8-10-24-11-15)19-18(23)22-9-6-4-5-7-16(22)17-13(2)20-21-14(17)3/h12,15-16H,4-11H2,1-3H3,(H,19,23)(H,20,21)/t12-,15+,16-/m0/s1. The zero-order valence-corrected chi connectivity index (χ0v) is 15.1. The molecule has 134 valence electrons. The van der Waals surface area contributed by atoms with Crippen LogP contribution in [0, 0.1) is 19.8 Å². The third-order valence-electron chi connectivity index (χ3n) is 5.56. The number of likely N-dealkylation sites (tertiary alicyclic amines) is 1. The lowest BCUT2D eigenvalue weighted by Crippen LogP contribution is -2.48. The highest BCUT2D eigenvalue weighted by Gasteiger charge is 2.32. The van der Waals surface area contributed by atoms with E-state index in [1.54, 1.807) is 0 Å². The molecule has 1 aromatic rings. The SMILES string of the molecule is Cc1n[nH]c(C)c1[C@@H]1CCCCCN1C(=O)N[C@@H](C)[C@@H]1CCOC1. The van der Waals surface area contributed by atoms with E-state index < -0.39 is 0 Å². The fourth-order valence-corrected chi connectivity index (χ4v) is 4.04. The van der Waals surface area contributed by atoms with E-state index in [1.807, 2.05) is 11.8 Å². The van der Waals surface area contributed by atoms with Crippen LogP contribution in [0.3, 0.4) is 0 Å². The number of amides is 2. The molecule has 3 atom stereocenters. The number of H-pyrrole nitrogens is 1. The Hall–Kier alpha value is -1.56. The summed E-state index contributed by atoms with van der Waals surface area (Å²) in [6.45, 7) is 8.55. The average Bonchev–Trinajstić information content (AvgIpc) is 3.13. The normalized spacial score (nSPS) is 26.2. The first kappa shape index (κ1) is 17.3. The van der Waals surface area contributed by atoms with Gasteiger partial charge in [0, 0.05) is 36.4 Å². The lowest BCUT2D eigenvalue weighted by molar-refractivity contribution is 0.160. The Labute approximate surface area is 144 Å². The molecule has 0 aromatic carbocycles. The predicted molar refractivity (Wildman–Crippen MR) is 92.9 cm³/mol. The Bertz CT molecular complexity index is 546. The minimum atomic E-state index is 0.0568. The molecule has 0 bridgehead atoms. The first-order valence-electron chi connectivity index (χ1n) is 9.24. The van der Waals surface area contributed by atoms with Crippen LogP contribution in [0.4, 0.5) is 4.79 Å². The first-order chi connectivity index (χ1) is 11.6. The fraction of sp³-hybridized carbons (Fsp3) is 0.778. The number of carbonyl (C=O) groups is 1. The molecule has 0 spiro atoms. The molecule has 6 nitrogen and oxygen atoms in total. The fourth-order valence-electron chi connectivity index (χ4n) is 4.04. The van der Waals surface area contributed by atoms with Crippen molar-refractivity contribution >= 4 is 6.03 Å². The maximum Gasteiger partial charge on any atom is 0.318 e. The average molecular weight is 334 g/mol. The number of nitrogens with zero attached hydrogens (tertiary/aromatic N) is 2. The Kier molecular flexibility index (Phi) is 5.43. The van der Waals surface area contributed by atoms with Crippen molar-refractivity contribution in [3.8, 4) is 0 Å². The molecule has 0 radical (unpaired) electrons. The number of rotatable bonds is 3. The number of aromatic nitrogens is 2. The number of ether oxygens (including phenoxy) is 1. The van der Waals surface area contributed by atoms with Crippen LogP contribution in [0.25, 0.3) is 0 Å². The largest absolute Gasteiger partial charge is 0.381 e. The van der Waals surface area contributed by atoms with Gasteiger partial charge in [-0.25, -0.2) is 4.79 Å². The number of nitrogens with one attached hydrogen (secondary N) is 2. The van der Waals surface area contributed by atoms with E-state index in [2.05, 4.69) is 29.4 Å². The van der Waals surface area contributed by atoms with Crippen molar-refractivity contribution in [1.82, 2.24) is 20.4 Å². The molecular formula is C18H30N4O2. The van der Waals surface area contributed by atoms with Gasteiger partial charge in [0.1, 0.15) is 0 Å². The van der Waals surface area contributed by atoms with Crippen LogP contribution in [-0.4, -0.2) is 46.9 Å². The van der Waals surface area contributed by atoms with Crippen molar-refractivity contribution in [2.75, 3.05) is 19.8 Å². The quantitative estimate of drug-likeness (QED) is 0.892. The summed E-state index contributed by atoms with van der Waals surface area (Å²) >= 11 is 0. The molecule has 2 aliphatic heterocycles. The Morgan fingerprint density at radius 2 is 2.17 bits per heavy atom. The summed E-state index contributed by atoms with van der Waals surface area (Å²) in [5, 5.41) is 10.6. The summed E-state index contributed by atoms with van der Waals surface area (Å²) in [7, 11) is 0. The molecule has 24 heavy (non-hydrogen) atoms. The molecule has 3 rings (SSSR count). The van der Waals surface area contributed by atoms with Crippen molar-refractivity contribution < 1.29 is 9.53 Å². The molecule has 2 amide bonds. The molecule has 1 aromatic heterocycles. The van der Waals surface area contributed by atoms with E-state index in [9.17, 15) is 4.79 Å². The van der Waals surface area contributed by atoms with Crippen LogP contribution in [0.1, 0.15) is 62.0 Å². The molecule has 0 saturated carbocycles. The first-order valence-corrected chi connectivity index (χ1v) is 9.24. The highest BCUT2D eigenvalue weighted by molar-refractivity contribution is 5.75. The van der Waals surface area contributed by atoms with Crippen LogP contribution in [0.5, 0.6) is 0 Å². The minimum absolute atomic E-state index is 0.0568. The van der Waals surface area contributed by atoms with E-state index >= 15 is 0 Å². The van der Waals surface area contributed by atoms with E-state index in [1.165, 1.54) is 12.0 Å². The topological polar surface area (TPSA) is 70.2 Å². The van der Waals surface area contributed by atoms with Gasteiger partial charge >= 0.3 is 6.03 Å². The molecule has 2 fully saturated rings. The van der Waals surface area contributed by atoms with Crippen molar-refractivity contribution in [3.05, 3.63) is 17.0 Å².